The van der Waals surface area contributed by atoms with E-state index in [1.54, 1.807) is 49.4 Å². The SMILES string of the molecule is CCCNC(=O)[C@@H](C)N(Cc1ccc(F)cc1)C(=O)CN(c1ccc(Br)cc1)S(=O)(=O)c1ccccc1. The van der Waals surface area contributed by atoms with E-state index in [2.05, 4.69) is 21.2 Å². The molecule has 7 nitrogen and oxygen atoms in total. The van der Waals surface area contributed by atoms with Crippen molar-refractivity contribution in [3.8, 4) is 0 Å². The Morgan fingerprint density at radius 1 is 0.973 bits per heavy atom. The minimum absolute atomic E-state index is 0.000608. The van der Waals surface area contributed by atoms with E-state index in [1.165, 1.54) is 41.3 Å². The van der Waals surface area contributed by atoms with Crippen LogP contribution >= 0.6 is 15.9 Å². The molecule has 0 saturated heterocycles. The molecule has 0 aliphatic carbocycles. The summed E-state index contributed by atoms with van der Waals surface area (Å²) in [5.41, 5.74) is 0.899. The van der Waals surface area contributed by atoms with Crippen molar-refractivity contribution in [3.05, 3.63) is 94.7 Å². The number of halogens is 2. The minimum atomic E-state index is -4.11. The first kappa shape index (κ1) is 28.3. The smallest absolute Gasteiger partial charge is 0.264 e. The predicted octanol–water partition coefficient (Wildman–Crippen LogP) is 4.73. The molecule has 1 N–H and O–H groups in total. The van der Waals surface area contributed by atoms with Crippen molar-refractivity contribution < 1.29 is 22.4 Å². The number of hydrogen-bond acceptors (Lipinski definition) is 4. The largest absolute Gasteiger partial charge is 0.354 e. The molecule has 37 heavy (non-hydrogen) atoms. The van der Waals surface area contributed by atoms with Crippen LogP contribution in [0.3, 0.4) is 0 Å². The van der Waals surface area contributed by atoms with Crippen molar-refractivity contribution >= 4 is 43.5 Å². The van der Waals surface area contributed by atoms with Crippen LogP contribution in [0.25, 0.3) is 0 Å². The second kappa shape index (κ2) is 12.8. The van der Waals surface area contributed by atoms with Crippen LogP contribution in [-0.2, 0) is 26.2 Å². The number of carbonyl (C=O) groups excluding carboxylic acids is 2. The van der Waals surface area contributed by atoms with Crippen molar-refractivity contribution in [1.29, 1.82) is 0 Å². The number of anilines is 1. The van der Waals surface area contributed by atoms with Gasteiger partial charge in [-0.3, -0.25) is 13.9 Å². The minimum Gasteiger partial charge on any atom is -0.354 e. The summed E-state index contributed by atoms with van der Waals surface area (Å²) in [6, 6.07) is 19.1. The zero-order valence-corrected chi connectivity index (χ0v) is 23.0. The topological polar surface area (TPSA) is 86.8 Å². The van der Waals surface area contributed by atoms with E-state index in [4.69, 9.17) is 0 Å². The summed E-state index contributed by atoms with van der Waals surface area (Å²) in [6.45, 7) is 3.40. The van der Waals surface area contributed by atoms with Crippen molar-refractivity contribution in [1.82, 2.24) is 10.2 Å². The van der Waals surface area contributed by atoms with Gasteiger partial charge in [-0.1, -0.05) is 53.2 Å². The first-order valence-electron chi connectivity index (χ1n) is 11.8. The summed E-state index contributed by atoms with van der Waals surface area (Å²) in [4.78, 5) is 27.9. The van der Waals surface area contributed by atoms with E-state index >= 15 is 0 Å². The number of benzene rings is 3. The fourth-order valence-corrected chi connectivity index (χ4v) is 5.32. The number of nitrogens with one attached hydrogen (secondary N) is 1. The van der Waals surface area contributed by atoms with E-state index in [0.29, 0.717) is 17.8 Å². The molecule has 0 heterocycles. The molecule has 2 amide bonds. The van der Waals surface area contributed by atoms with Gasteiger partial charge in [0.2, 0.25) is 11.8 Å². The second-order valence-electron chi connectivity index (χ2n) is 8.42. The van der Waals surface area contributed by atoms with E-state index in [1.807, 2.05) is 6.92 Å². The lowest BCUT2D eigenvalue weighted by Crippen LogP contribution is -2.51. The van der Waals surface area contributed by atoms with Gasteiger partial charge in [0.05, 0.1) is 10.6 Å². The summed E-state index contributed by atoms with van der Waals surface area (Å²) in [5.74, 6) is -1.37. The Labute approximate surface area is 225 Å². The first-order chi connectivity index (χ1) is 17.6. The lowest BCUT2D eigenvalue weighted by molar-refractivity contribution is -0.139. The Hall–Kier alpha value is -3.24. The third-order valence-electron chi connectivity index (χ3n) is 5.71. The van der Waals surface area contributed by atoms with Gasteiger partial charge in [-0.15, -0.1) is 0 Å². The highest BCUT2D eigenvalue weighted by Gasteiger charge is 2.32. The molecule has 0 aromatic heterocycles. The molecule has 3 aromatic rings. The van der Waals surface area contributed by atoms with Crippen LogP contribution < -0.4 is 9.62 Å². The van der Waals surface area contributed by atoms with Crippen molar-refractivity contribution in [2.75, 3.05) is 17.4 Å². The third-order valence-corrected chi connectivity index (χ3v) is 8.02. The van der Waals surface area contributed by atoms with Gasteiger partial charge in [0.25, 0.3) is 10.0 Å². The Balaban J connectivity index is 1.99. The summed E-state index contributed by atoms with van der Waals surface area (Å²) < 4.78 is 42.5. The van der Waals surface area contributed by atoms with Gasteiger partial charge < -0.3 is 10.2 Å². The third kappa shape index (κ3) is 7.39. The average molecular weight is 591 g/mol. The Morgan fingerprint density at radius 3 is 2.19 bits per heavy atom. The van der Waals surface area contributed by atoms with Crippen LogP contribution in [0, 0.1) is 5.82 Å². The molecule has 0 aliphatic rings. The maximum absolute atomic E-state index is 13.7. The molecule has 0 fully saturated rings. The number of carbonyl (C=O) groups is 2. The predicted molar refractivity (Wildman–Crippen MR) is 145 cm³/mol. The molecule has 3 rings (SSSR count). The molecule has 0 unspecified atom stereocenters. The van der Waals surface area contributed by atoms with E-state index in [9.17, 15) is 22.4 Å². The average Bonchev–Trinajstić information content (AvgIpc) is 2.90. The van der Waals surface area contributed by atoms with Gasteiger partial charge in [0.1, 0.15) is 18.4 Å². The molecular weight excluding hydrogens is 561 g/mol. The molecule has 0 spiro atoms. The lowest BCUT2D eigenvalue weighted by Gasteiger charge is -2.32. The summed E-state index contributed by atoms with van der Waals surface area (Å²) in [6.07, 6.45) is 0.719. The van der Waals surface area contributed by atoms with Gasteiger partial charge in [-0.25, -0.2) is 12.8 Å². The molecule has 0 aliphatic heterocycles. The van der Waals surface area contributed by atoms with Crippen LogP contribution in [0.5, 0.6) is 0 Å². The maximum Gasteiger partial charge on any atom is 0.264 e. The maximum atomic E-state index is 13.7. The van der Waals surface area contributed by atoms with Gasteiger partial charge in [0, 0.05) is 17.6 Å². The Bertz CT molecular complexity index is 1300. The van der Waals surface area contributed by atoms with E-state index < -0.39 is 34.3 Å². The number of sulfonamides is 1. The fourth-order valence-electron chi connectivity index (χ4n) is 3.62. The van der Waals surface area contributed by atoms with Crippen LogP contribution in [0.4, 0.5) is 10.1 Å². The zero-order valence-electron chi connectivity index (χ0n) is 20.6. The zero-order chi connectivity index (χ0) is 27.0. The van der Waals surface area contributed by atoms with Gasteiger partial charge in [-0.2, -0.15) is 0 Å². The molecule has 0 bridgehead atoms. The van der Waals surface area contributed by atoms with E-state index in [0.717, 1.165) is 15.2 Å². The molecule has 10 heteroatoms. The molecule has 196 valence electrons. The van der Waals surface area contributed by atoms with Crippen LogP contribution in [0.2, 0.25) is 0 Å². The number of amides is 2. The van der Waals surface area contributed by atoms with E-state index in [-0.39, 0.29) is 17.3 Å². The molecule has 1 atom stereocenters. The first-order valence-corrected chi connectivity index (χ1v) is 14.0. The molecule has 0 saturated carbocycles. The Kier molecular flexibility index (Phi) is 9.82. The van der Waals surface area contributed by atoms with Crippen LogP contribution in [0.1, 0.15) is 25.8 Å². The van der Waals surface area contributed by atoms with Crippen molar-refractivity contribution in [2.45, 2.75) is 37.8 Å². The summed E-state index contributed by atoms with van der Waals surface area (Å²) in [5, 5.41) is 2.78. The molecular formula is C27H29BrFN3O4S. The summed E-state index contributed by atoms with van der Waals surface area (Å²) in [7, 11) is -4.11. The van der Waals surface area contributed by atoms with Crippen molar-refractivity contribution in [3.63, 3.8) is 0 Å². The van der Waals surface area contributed by atoms with Crippen LogP contribution in [-0.4, -0.2) is 44.3 Å². The van der Waals surface area contributed by atoms with Gasteiger partial charge in [-0.05, 0) is 67.4 Å². The fraction of sp³-hybridized carbons (Fsp3) is 0.259. The highest BCUT2D eigenvalue weighted by Crippen LogP contribution is 2.26. The number of hydrogen-bond donors (Lipinski definition) is 1. The molecule has 3 aromatic carbocycles. The monoisotopic (exact) mass is 589 g/mol. The standard InChI is InChI=1S/C27H29BrFN3O4S/c1-3-17-30-27(34)20(2)31(18-21-9-13-23(29)14-10-21)26(33)19-32(24-15-11-22(28)12-16-24)37(35,36)25-7-5-4-6-8-25/h4-16,20H,3,17-19H2,1-2H3,(H,30,34)/t20-/m1/s1. The second-order valence-corrected chi connectivity index (χ2v) is 11.2. The normalized spacial score (nSPS) is 12.0. The lowest BCUT2D eigenvalue weighted by atomic mass is 10.1. The van der Waals surface area contributed by atoms with Gasteiger partial charge >= 0.3 is 0 Å². The highest BCUT2D eigenvalue weighted by molar-refractivity contribution is 9.10. The summed E-state index contributed by atoms with van der Waals surface area (Å²) >= 11 is 3.35. The van der Waals surface area contributed by atoms with Crippen LogP contribution in [0.15, 0.2) is 88.2 Å². The highest BCUT2D eigenvalue weighted by atomic mass is 79.9. The quantitative estimate of drug-likeness (QED) is 0.350. The number of nitrogens with zero attached hydrogens (tertiary/aromatic N) is 2. The Morgan fingerprint density at radius 2 is 1.59 bits per heavy atom. The van der Waals surface area contributed by atoms with Crippen molar-refractivity contribution in [2.24, 2.45) is 0 Å². The number of rotatable bonds is 11. The molecule has 0 radical (unpaired) electrons. The van der Waals surface area contributed by atoms with Gasteiger partial charge in [0.15, 0.2) is 0 Å².